The molecule has 2 rings (SSSR count). The van der Waals surface area contributed by atoms with Gasteiger partial charge in [-0.1, -0.05) is 6.07 Å². The van der Waals surface area contributed by atoms with Gasteiger partial charge in [0.1, 0.15) is 0 Å². The highest BCUT2D eigenvalue weighted by atomic mass is 16.2. The number of carbonyl (C=O) groups is 1. The third-order valence-corrected chi connectivity index (χ3v) is 3.97. The number of nitrogens with zero attached hydrogens (tertiary/aromatic N) is 2. The molecule has 1 aliphatic rings. The first-order valence-corrected chi connectivity index (χ1v) is 7.25. The van der Waals surface area contributed by atoms with Crippen LogP contribution in [0.25, 0.3) is 0 Å². The number of nitrogens with one attached hydrogen (secondary N) is 1. The molecular formula is C16H25N3O. The first kappa shape index (κ1) is 14.9. The standard InChI is InChI=1S/C16H25N3O/c1-12-5-6-13(16(20)18(2)3)11-15(12)17-14-7-9-19(4)10-8-14/h5-6,11,14,17H,7-10H2,1-4H3. The molecule has 1 amide bonds. The van der Waals surface area contributed by atoms with E-state index >= 15 is 0 Å². The van der Waals surface area contributed by atoms with Gasteiger partial charge in [-0.3, -0.25) is 4.79 Å². The van der Waals surface area contributed by atoms with Gasteiger partial charge < -0.3 is 15.1 Å². The maximum Gasteiger partial charge on any atom is 0.253 e. The largest absolute Gasteiger partial charge is 0.382 e. The summed E-state index contributed by atoms with van der Waals surface area (Å²) in [6, 6.07) is 6.41. The van der Waals surface area contributed by atoms with Crippen molar-refractivity contribution >= 4 is 11.6 Å². The normalized spacial score (nSPS) is 17.0. The zero-order valence-electron chi connectivity index (χ0n) is 12.9. The minimum Gasteiger partial charge on any atom is -0.382 e. The van der Waals surface area contributed by atoms with Gasteiger partial charge in [-0.15, -0.1) is 0 Å². The highest BCUT2D eigenvalue weighted by Gasteiger charge is 2.17. The Morgan fingerprint density at radius 3 is 2.55 bits per heavy atom. The van der Waals surface area contributed by atoms with Crippen LogP contribution in [-0.2, 0) is 0 Å². The van der Waals surface area contributed by atoms with Crippen LogP contribution in [0.1, 0.15) is 28.8 Å². The van der Waals surface area contributed by atoms with Gasteiger partial charge in [0.25, 0.3) is 5.91 Å². The fourth-order valence-electron chi connectivity index (χ4n) is 2.54. The van der Waals surface area contributed by atoms with Gasteiger partial charge in [-0.2, -0.15) is 0 Å². The fraction of sp³-hybridized carbons (Fsp3) is 0.562. The smallest absolute Gasteiger partial charge is 0.253 e. The fourth-order valence-corrected chi connectivity index (χ4v) is 2.54. The van der Waals surface area contributed by atoms with E-state index in [4.69, 9.17) is 0 Å². The lowest BCUT2D eigenvalue weighted by Crippen LogP contribution is -2.36. The zero-order chi connectivity index (χ0) is 14.7. The molecule has 110 valence electrons. The predicted molar refractivity (Wildman–Crippen MR) is 83.3 cm³/mol. The minimum absolute atomic E-state index is 0.0522. The Balaban J connectivity index is 2.11. The topological polar surface area (TPSA) is 35.6 Å². The molecular weight excluding hydrogens is 250 g/mol. The molecule has 0 radical (unpaired) electrons. The second-order valence-corrected chi connectivity index (χ2v) is 5.95. The van der Waals surface area contributed by atoms with Crippen LogP contribution in [0, 0.1) is 6.92 Å². The highest BCUT2D eigenvalue weighted by molar-refractivity contribution is 5.95. The lowest BCUT2D eigenvalue weighted by molar-refractivity contribution is 0.0827. The summed E-state index contributed by atoms with van der Waals surface area (Å²) >= 11 is 0. The highest BCUT2D eigenvalue weighted by Crippen LogP contribution is 2.21. The SMILES string of the molecule is Cc1ccc(C(=O)N(C)C)cc1NC1CCN(C)CC1. The number of hydrogen-bond donors (Lipinski definition) is 1. The maximum absolute atomic E-state index is 12.0. The van der Waals surface area contributed by atoms with Crippen LogP contribution in [0.4, 0.5) is 5.69 Å². The van der Waals surface area contributed by atoms with Gasteiger partial charge in [0.05, 0.1) is 0 Å². The molecule has 0 aliphatic carbocycles. The predicted octanol–water partition coefficient (Wildman–Crippen LogP) is 2.20. The van der Waals surface area contributed by atoms with Crippen molar-refractivity contribution in [1.82, 2.24) is 9.80 Å². The second kappa shape index (κ2) is 6.27. The minimum atomic E-state index is 0.0522. The van der Waals surface area contributed by atoms with E-state index < -0.39 is 0 Å². The van der Waals surface area contributed by atoms with Crippen molar-refractivity contribution in [3.63, 3.8) is 0 Å². The summed E-state index contributed by atoms with van der Waals surface area (Å²) in [5, 5.41) is 3.61. The van der Waals surface area contributed by atoms with Gasteiger partial charge in [0, 0.05) is 31.4 Å². The van der Waals surface area contributed by atoms with Crippen LogP contribution < -0.4 is 5.32 Å². The van der Waals surface area contributed by atoms with Gasteiger partial charge >= 0.3 is 0 Å². The molecule has 20 heavy (non-hydrogen) atoms. The lowest BCUT2D eigenvalue weighted by atomic mass is 10.0. The molecule has 1 aliphatic heterocycles. The van der Waals surface area contributed by atoms with Crippen LogP contribution in [0.15, 0.2) is 18.2 Å². The molecule has 1 aromatic carbocycles. The number of benzene rings is 1. The molecule has 0 bridgehead atoms. The molecule has 1 heterocycles. The average molecular weight is 275 g/mol. The van der Waals surface area contributed by atoms with Crippen molar-refractivity contribution in [1.29, 1.82) is 0 Å². The third-order valence-electron chi connectivity index (χ3n) is 3.97. The van der Waals surface area contributed by atoms with E-state index in [-0.39, 0.29) is 5.91 Å². The Morgan fingerprint density at radius 2 is 1.95 bits per heavy atom. The van der Waals surface area contributed by atoms with E-state index in [2.05, 4.69) is 24.2 Å². The summed E-state index contributed by atoms with van der Waals surface area (Å²) in [7, 11) is 5.73. The van der Waals surface area contributed by atoms with Gasteiger partial charge in [0.2, 0.25) is 0 Å². The first-order chi connectivity index (χ1) is 9.47. The lowest BCUT2D eigenvalue weighted by Gasteiger charge is -2.30. The molecule has 4 heteroatoms. The number of rotatable bonds is 3. The Morgan fingerprint density at radius 1 is 1.30 bits per heavy atom. The van der Waals surface area contributed by atoms with E-state index in [1.165, 1.54) is 5.56 Å². The van der Waals surface area contributed by atoms with Crippen molar-refractivity contribution in [2.75, 3.05) is 39.5 Å². The zero-order valence-corrected chi connectivity index (χ0v) is 12.9. The molecule has 1 N–H and O–H groups in total. The average Bonchev–Trinajstić information content (AvgIpc) is 2.43. The second-order valence-electron chi connectivity index (χ2n) is 5.95. The molecule has 1 fully saturated rings. The van der Waals surface area contributed by atoms with Crippen molar-refractivity contribution in [2.24, 2.45) is 0 Å². The van der Waals surface area contributed by atoms with E-state index in [9.17, 15) is 4.79 Å². The van der Waals surface area contributed by atoms with Crippen LogP contribution in [-0.4, -0.2) is 56.0 Å². The monoisotopic (exact) mass is 275 g/mol. The number of piperidine rings is 1. The van der Waals surface area contributed by atoms with Gasteiger partial charge in [-0.25, -0.2) is 0 Å². The van der Waals surface area contributed by atoms with Gasteiger partial charge in [0.15, 0.2) is 0 Å². The molecule has 0 atom stereocenters. The van der Waals surface area contributed by atoms with E-state index in [0.717, 1.165) is 37.2 Å². The van der Waals surface area contributed by atoms with Crippen LogP contribution in [0.3, 0.4) is 0 Å². The van der Waals surface area contributed by atoms with E-state index in [1.807, 2.05) is 18.2 Å². The Labute approximate surface area is 121 Å². The Bertz CT molecular complexity index is 477. The van der Waals surface area contributed by atoms with Crippen molar-refractivity contribution in [2.45, 2.75) is 25.8 Å². The van der Waals surface area contributed by atoms with Crippen molar-refractivity contribution in [3.8, 4) is 0 Å². The Kier molecular flexibility index (Phi) is 4.65. The summed E-state index contributed by atoms with van der Waals surface area (Å²) in [5.41, 5.74) is 3.03. The number of aryl methyl sites for hydroxylation is 1. The number of amides is 1. The number of hydrogen-bond acceptors (Lipinski definition) is 3. The third kappa shape index (κ3) is 3.51. The summed E-state index contributed by atoms with van der Waals surface area (Å²) in [6.45, 7) is 4.35. The van der Waals surface area contributed by atoms with E-state index in [1.54, 1.807) is 19.0 Å². The number of carbonyl (C=O) groups excluding carboxylic acids is 1. The van der Waals surface area contributed by atoms with Crippen molar-refractivity contribution in [3.05, 3.63) is 29.3 Å². The molecule has 1 saturated heterocycles. The Hall–Kier alpha value is -1.55. The molecule has 0 saturated carbocycles. The maximum atomic E-state index is 12.0. The number of likely N-dealkylation sites (tertiary alicyclic amines) is 1. The van der Waals surface area contributed by atoms with Crippen LogP contribution in [0.5, 0.6) is 0 Å². The number of anilines is 1. The first-order valence-electron chi connectivity index (χ1n) is 7.25. The van der Waals surface area contributed by atoms with E-state index in [0.29, 0.717) is 6.04 Å². The summed E-state index contributed by atoms with van der Waals surface area (Å²) < 4.78 is 0. The molecule has 4 nitrogen and oxygen atoms in total. The molecule has 0 unspecified atom stereocenters. The quantitative estimate of drug-likeness (QED) is 0.918. The molecule has 0 aromatic heterocycles. The summed E-state index contributed by atoms with van der Waals surface area (Å²) in [5.74, 6) is 0.0522. The molecule has 1 aromatic rings. The van der Waals surface area contributed by atoms with Gasteiger partial charge in [-0.05, 0) is 57.6 Å². The van der Waals surface area contributed by atoms with Crippen molar-refractivity contribution < 1.29 is 4.79 Å². The summed E-state index contributed by atoms with van der Waals surface area (Å²) in [4.78, 5) is 16.0. The molecule has 0 spiro atoms. The van der Waals surface area contributed by atoms with Crippen LogP contribution >= 0.6 is 0 Å². The van der Waals surface area contributed by atoms with Crippen LogP contribution in [0.2, 0.25) is 0 Å². The summed E-state index contributed by atoms with van der Waals surface area (Å²) in [6.07, 6.45) is 2.31.